The monoisotopic (exact) mass is 495 g/mol. The van der Waals surface area contributed by atoms with Gasteiger partial charge in [-0.2, -0.15) is 0 Å². The van der Waals surface area contributed by atoms with E-state index in [2.05, 4.69) is 44.0 Å². The van der Waals surface area contributed by atoms with Crippen LogP contribution >= 0.6 is 0 Å². The number of carbonyl (C=O) groups is 1. The van der Waals surface area contributed by atoms with Gasteiger partial charge in [-0.15, -0.1) is 10.2 Å². The number of likely N-dealkylation sites (N-methyl/N-ethyl adjacent to an activating group) is 1. The summed E-state index contributed by atoms with van der Waals surface area (Å²) in [7, 11) is 2.12. The number of azo groups is 1. The molecule has 11 heteroatoms. The van der Waals surface area contributed by atoms with Gasteiger partial charge in [-0.1, -0.05) is 25.1 Å². The highest BCUT2D eigenvalue weighted by Gasteiger charge is 2.16. The second-order valence-corrected chi connectivity index (χ2v) is 8.87. The summed E-state index contributed by atoms with van der Waals surface area (Å²) in [5, 5.41) is 11.2. The van der Waals surface area contributed by atoms with Gasteiger partial charge in [-0.05, 0) is 50.7 Å². The van der Waals surface area contributed by atoms with Gasteiger partial charge in [0.2, 0.25) is 5.91 Å². The molecule has 0 spiro atoms. The lowest BCUT2D eigenvalue weighted by molar-refractivity contribution is -0.117. The number of pyridine rings is 1. The van der Waals surface area contributed by atoms with Crippen LogP contribution < -0.4 is 27.3 Å². The number of nitrogens with one attached hydrogen (secondary N) is 1. The van der Waals surface area contributed by atoms with Gasteiger partial charge in [0.1, 0.15) is 23.0 Å². The van der Waals surface area contributed by atoms with Crippen molar-refractivity contribution in [3.05, 3.63) is 48.7 Å². The van der Waals surface area contributed by atoms with Crippen molar-refractivity contribution in [2.45, 2.75) is 25.3 Å². The van der Waals surface area contributed by atoms with Crippen molar-refractivity contribution in [3.63, 3.8) is 0 Å². The molecule has 1 saturated heterocycles. The van der Waals surface area contributed by atoms with Gasteiger partial charge in [0.15, 0.2) is 11.6 Å². The second-order valence-electron chi connectivity index (χ2n) is 8.87. The number of hydrogen-bond acceptors (Lipinski definition) is 10. The minimum absolute atomic E-state index is 0.131. The minimum atomic E-state index is -0.638. The van der Waals surface area contributed by atoms with Crippen LogP contribution in [0, 0.1) is 0 Å². The number of amides is 1. The lowest BCUT2D eigenvalue weighted by atomic mass is 10.1. The van der Waals surface area contributed by atoms with Gasteiger partial charge in [0, 0.05) is 26.2 Å². The topological polar surface area (TPSA) is 160 Å². The van der Waals surface area contributed by atoms with E-state index < -0.39 is 6.04 Å². The highest BCUT2D eigenvalue weighted by Crippen LogP contribution is 2.31. The molecular weight excluding hydrogens is 458 g/mol. The number of nitrogens with two attached hydrogens (primary N) is 3. The van der Waals surface area contributed by atoms with E-state index in [0.29, 0.717) is 48.2 Å². The summed E-state index contributed by atoms with van der Waals surface area (Å²) in [6, 6.07) is 9.94. The van der Waals surface area contributed by atoms with Crippen LogP contribution in [-0.4, -0.2) is 73.0 Å². The molecule has 2 heterocycles. The lowest BCUT2D eigenvalue weighted by Gasteiger charge is -2.32. The predicted molar refractivity (Wildman–Crippen MR) is 142 cm³/mol. The van der Waals surface area contributed by atoms with Crippen LogP contribution in [0.2, 0.25) is 0 Å². The van der Waals surface area contributed by atoms with E-state index in [0.717, 1.165) is 39.0 Å². The summed E-state index contributed by atoms with van der Waals surface area (Å²) in [5.41, 5.74) is 18.4. The number of nitrogens with zero attached hydrogens (tertiary/aromatic N) is 5. The van der Waals surface area contributed by atoms with Crippen molar-refractivity contribution in [2.24, 2.45) is 21.7 Å². The number of benzene rings is 1. The quantitative estimate of drug-likeness (QED) is 0.198. The number of ether oxygens (including phenoxy) is 1. The van der Waals surface area contributed by atoms with Crippen molar-refractivity contribution >= 4 is 28.9 Å². The third-order valence-electron chi connectivity index (χ3n) is 5.84. The van der Waals surface area contributed by atoms with Crippen LogP contribution in [0.3, 0.4) is 0 Å². The summed E-state index contributed by atoms with van der Waals surface area (Å²) in [6.07, 6.45) is 2.16. The molecule has 7 N–H and O–H groups in total. The highest BCUT2D eigenvalue weighted by molar-refractivity contribution is 5.94. The maximum absolute atomic E-state index is 12.3. The Morgan fingerprint density at radius 1 is 1.14 bits per heavy atom. The molecule has 11 nitrogen and oxygen atoms in total. The zero-order chi connectivity index (χ0) is 25.9. The molecule has 2 aromatic rings. The van der Waals surface area contributed by atoms with Gasteiger partial charge in [0.25, 0.3) is 0 Å². The summed E-state index contributed by atoms with van der Waals surface area (Å²) >= 11 is 0. The number of aromatic nitrogens is 1. The van der Waals surface area contributed by atoms with Gasteiger partial charge in [-0.25, -0.2) is 4.98 Å². The van der Waals surface area contributed by atoms with E-state index in [1.807, 2.05) is 18.2 Å². The van der Waals surface area contributed by atoms with Crippen molar-refractivity contribution in [1.82, 2.24) is 14.8 Å². The van der Waals surface area contributed by atoms with Crippen LogP contribution in [0.4, 0.5) is 23.0 Å². The predicted octanol–water partition coefficient (Wildman–Crippen LogP) is 2.61. The van der Waals surface area contributed by atoms with Crippen LogP contribution in [0.15, 0.2) is 59.0 Å². The molecule has 1 aliphatic rings. The van der Waals surface area contributed by atoms with E-state index in [9.17, 15) is 4.79 Å². The third-order valence-corrected chi connectivity index (χ3v) is 5.84. The smallest absolute Gasteiger partial charge is 0.242 e. The van der Waals surface area contributed by atoms with Gasteiger partial charge in [-0.3, -0.25) is 9.69 Å². The van der Waals surface area contributed by atoms with Gasteiger partial charge >= 0.3 is 0 Å². The summed E-state index contributed by atoms with van der Waals surface area (Å²) in [5.74, 6) is 1.31. The zero-order valence-corrected chi connectivity index (χ0v) is 20.9. The number of piperazine rings is 1. The van der Waals surface area contributed by atoms with E-state index >= 15 is 0 Å². The van der Waals surface area contributed by atoms with E-state index in [1.54, 1.807) is 18.2 Å². The molecule has 1 fully saturated rings. The number of carbonyl (C=O) groups excluding carboxylic acids is 1. The molecule has 1 aromatic heterocycles. The lowest BCUT2D eigenvalue weighted by Crippen LogP contribution is -2.45. The Hall–Kier alpha value is -3.38. The Bertz CT molecular complexity index is 1050. The van der Waals surface area contributed by atoms with E-state index in [1.165, 1.54) is 0 Å². The molecule has 1 aromatic carbocycles. The van der Waals surface area contributed by atoms with Crippen LogP contribution in [0.25, 0.3) is 0 Å². The fraction of sp³-hybridized carbons (Fsp3) is 0.440. The zero-order valence-electron chi connectivity index (χ0n) is 20.9. The maximum Gasteiger partial charge on any atom is 0.242 e. The molecule has 1 atom stereocenters. The Balaban J connectivity index is 1.59. The average Bonchev–Trinajstić information content (AvgIpc) is 2.86. The van der Waals surface area contributed by atoms with Gasteiger partial charge in [0.05, 0.1) is 12.6 Å². The minimum Gasteiger partial charge on any atom is -0.459 e. The normalized spacial score (nSPS) is 15.6. The first-order valence-electron chi connectivity index (χ1n) is 12.2. The van der Waals surface area contributed by atoms with Crippen LogP contribution in [0.1, 0.15) is 19.3 Å². The van der Waals surface area contributed by atoms with Gasteiger partial charge < -0.3 is 32.2 Å². The average molecular weight is 496 g/mol. The molecule has 194 valence electrons. The fourth-order valence-corrected chi connectivity index (χ4v) is 3.66. The van der Waals surface area contributed by atoms with Crippen LogP contribution in [-0.2, 0) is 4.79 Å². The summed E-state index contributed by atoms with van der Waals surface area (Å²) in [4.78, 5) is 21.1. The number of nitrogen functional groups attached to an aromatic ring is 1. The van der Waals surface area contributed by atoms with E-state index in [4.69, 9.17) is 21.9 Å². The SMILES string of the molecule is C=C(CN1CCN(C)CC1)Oc1ccccc1/N=N/c1ccc(NC(=O)[C@@H](N)CCCCN)nc1N. The number of unbranched alkanes of at least 4 members (excludes halogenated alkanes) is 1. The first kappa shape index (κ1) is 27.2. The first-order chi connectivity index (χ1) is 17.4. The Labute approximate surface area is 212 Å². The van der Waals surface area contributed by atoms with Crippen molar-refractivity contribution in [1.29, 1.82) is 0 Å². The third kappa shape index (κ3) is 8.38. The van der Waals surface area contributed by atoms with Crippen molar-refractivity contribution < 1.29 is 9.53 Å². The molecular formula is C25H37N9O2. The highest BCUT2D eigenvalue weighted by atomic mass is 16.5. The molecule has 1 aliphatic heterocycles. The Morgan fingerprint density at radius 3 is 2.58 bits per heavy atom. The molecule has 0 radical (unpaired) electrons. The largest absolute Gasteiger partial charge is 0.459 e. The summed E-state index contributed by atoms with van der Waals surface area (Å²) in [6.45, 7) is 9.30. The molecule has 0 bridgehead atoms. The van der Waals surface area contributed by atoms with Crippen molar-refractivity contribution in [3.8, 4) is 5.75 Å². The summed E-state index contributed by atoms with van der Waals surface area (Å²) < 4.78 is 6.00. The number of anilines is 2. The standard InChI is InChI=1S/C25H37N9O2/c1-18(17-34-15-13-33(2)14-16-34)36-22-9-4-3-8-20(22)31-32-21-10-11-23(29-24(21)28)30-25(35)19(27)7-5-6-12-26/h3-4,8-11,19H,1,5-7,12-17,26-27H2,2H3,(H3,28,29,30,35)/b32-31+/t19-/m0/s1. The molecule has 36 heavy (non-hydrogen) atoms. The molecule has 3 rings (SSSR count). The van der Waals surface area contributed by atoms with Crippen LogP contribution in [0.5, 0.6) is 5.75 Å². The first-order valence-corrected chi connectivity index (χ1v) is 12.2. The maximum atomic E-state index is 12.3. The second kappa shape index (κ2) is 13.6. The molecule has 0 aliphatic carbocycles. The molecule has 1 amide bonds. The molecule has 0 saturated carbocycles. The number of rotatable bonds is 12. The number of para-hydroxylation sites is 1. The van der Waals surface area contributed by atoms with E-state index in [-0.39, 0.29) is 11.7 Å². The Morgan fingerprint density at radius 2 is 1.86 bits per heavy atom. The number of hydrogen-bond donors (Lipinski definition) is 4. The molecule has 0 unspecified atom stereocenters. The van der Waals surface area contributed by atoms with Crippen molar-refractivity contribution in [2.75, 3.05) is 57.4 Å². The Kier molecular flexibility index (Phi) is 10.3. The fourth-order valence-electron chi connectivity index (χ4n) is 3.66.